The molecule has 0 unspecified atom stereocenters. The molecule has 0 saturated heterocycles. The minimum atomic E-state index is -3.75. The van der Waals surface area contributed by atoms with E-state index in [4.69, 9.17) is 16.3 Å². The van der Waals surface area contributed by atoms with Crippen LogP contribution in [0, 0.1) is 0 Å². The highest BCUT2D eigenvalue weighted by Gasteiger charge is 2.22. The molecule has 2 aromatic carbocycles. The monoisotopic (exact) mass is 403 g/mol. The number of halogens is 2. The highest BCUT2D eigenvalue weighted by molar-refractivity contribution is 9.10. The van der Waals surface area contributed by atoms with Crippen molar-refractivity contribution in [1.82, 2.24) is 4.72 Å². The molecule has 0 bridgehead atoms. The first-order valence-corrected chi connectivity index (χ1v) is 9.10. The smallest absolute Gasteiger partial charge is 0.244 e. The van der Waals surface area contributed by atoms with Gasteiger partial charge < -0.3 is 4.74 Å². The number of methoxy groups -OCH3 is 1. The summed E-state index contributed by atoms with van der Waals surface area (Å²) in [4.78, 5) is 0.0199. The van der Waals surface area contributed by atoms with Gasteiger partial charge in [0.2, 0.25) is 10.0 Å². The fourth-order valence-corrected chi connectivity index (χ4v) is 3.90. The second-order valence-electron chi connectivity index (χ2n) is 4.69. The Kier molecular flexibility index (Phi) is 5.50. The van der Waals surface area contributed by atoms with Crippen LogP contribution in [-0.2, 0) is 10.0 Å². The fraction of sp³-hybridized carbons (Fsp3) is 0.200. The Morgan fingerprint density at radius 1 is 1.18 bits per heavy atom. The predicted molar refractivity (Wildman–Crippen MR) is 90.9 cm³/mol. The zero-order chi connectivity index (χ0) is 16.3. The molecule has 0 spiro atoms. The number of rotatable bonds is 5. The maximum atomic E-state index is 12.6. The minimum absolute atomic E-state index is 0.0199. The lowest BCUT2D eigenvalue weighted by molar-refractivity contribution is 0.402. The van der Waals surface area contributed by atoms with Crippen LogP contribution < -0.4 is 9.46 Å². The summed E-state index contributed by atoms with van der Waals surface area (Å²) in [5, 5.41) is 0.331. The second-order valence-corrected chi connectivity index (χ2v) is 7.72. The number of hydrogen-bond donors (Lipinski definition) is 1. The molecule has 0 fully saturated rings. The van der Waals surface area contributed by atoms with E-state index in [1.54, 1.807) is 13.0 Å². The third-order valence-electron chi connectivity index (χ3n) is 3.12. The molecule has 0 aliphatic heterocycles. The van der Waals surface area contributed by atoms with Crippen LogP contribution in [0.2, 0.25) is 5.02 Å². The van der Waals surface area contributed by atoms with Gasteiger partial charge in [-0.25, -0.2) is 13.1 Å². The van der Waals surface area contributed by atoms with Crippen molar-refractivity contribution in [2.75, 3.05) is 7.11 Å². The van der Waals surface area contributed by atoms with Gasteiger partial charge in [-0.2, -0.15) is 0 Å². The Bertz CT molecular complexity index is 763. The predicted octanol–water partition coefficient (Wildman–Crippen LogP) is 4.15. The molecule has 0 heterocycles. The van der Waals surface area contributed by atoms with Gasteiger partial charge in [-0.15, -0.1) is 0 Å². The van der Waals surface area contributed by atoms with E-state index in [9.17, 15) is 8.42 Å². The largest absolute Gasteiger partial charge is 0.495 e. The van der Waals surface area contributed by atoms with E-state index in [1.807, 2.05) is 24.3 Å². The summed E-state index contributed by atoms with van der Waals surface area (Å²) in [6.45, 7) is 1.78. The number of hydrogen-bond acceptors (Lipinski definition) is 3. The average molecular weight is 405 g/mol. The lowest BCUT2D eigenvalue weighted by Gasteiger charge is -2.16. The Morgan fingerprint density at radius 3 is 2.41 bits per heavy atom. The molecule has 2 aromatic rings. The number of ether oxygens (including phenoxy) is 1. The van der Waals surface area contributed by atoms with Crippen molar-refractivity contribution in [2.24, 2.45) is 0 Å². The SMILES string of the molecule is COc1ccc(Cl)cc1S(=O)(=O)N[C@@H](C)c1ccc(Br)cc1. The lowest BCUT2D eigenvalue weighted by atomic mass is 10.1. The minimum Gasteiger partial charge on any atom is -0.495 e. The van der Waals surface area contributed by atoms with Crippen LogP contribution in [0.15, 0.2) is 51.8 Å². The first-order chi connectivity index (χ1) is 10.3. The summed E-state index contributed by atoms with van der Waals surface area (Å²) < 4.78 is 33.8. The van der Waals surface area contributed by atoms with Crippen molar-refractivity contribution in [1.29, 1.82) is 0 Å². The summed E-state index contributed by atoms with van der Waals surface area (Å²) in [7, 11) is -2.34. The zero-order valence-electron chi connectivity index (χ0n) is 12.0. The van der Waals surface area contributed by atoms with Gasteiger partial charge in [-0.05, 0) is 42.8 Å². The molecule has 0 aliphatic carbocycles. The molecule has 4 nitrogen and oxygen atoms in total. The van der Waals surface area contributed by atoms with Crippen LogP contribution in [0.1, 0.15) is 18.5 Å². The first kappa shape index (κ1) is 17.3. The highest BCUT2D eigenvalue weighted by Crippen LogP contribution is 2.28. The Morgan fingerprint density at radius 2 is 1.82 bits per heavy atom. The Hall–Kier alpha value is -1.08. The van der Waals surface area contributed by atoms with E-state index in [0.29, 0.717) is 5.02 Å². The first-order valence-electron chi connectivity index (χ1n) is 6.45. The van der Waals surface area contributed by atoms with Gasteiger partial charge >= 0.3 is 0 Å². The van der Waals surface area contributed by atoms with Crippen molar-refractivity contribution in [3.05, 3.63) is 57.5 Å². The average Bonchev–Trinajstić information content (AvgIpc) is 2.47. The standard InChI is InChI=1S/C15H15BrClNO3S/c1-10(11-3-5-12(16)6-4-11)18-22(19,20)15-9-13(17)7-8-14(15)21-2/h3-10,18H,1-2H3/t10-/m0/s1. The van der Waals surface area contributed by atoms with E-state index < -0.39 is 10.0 Å². The summed E-state index contributed by atoms with van der Waals surface area (Å²) in [5.74, 6) is 0.250. The zero-order valence-corrected chi connectivity index (χ0v) is 15.2. The molecule has 22 heavy (non-hydrogen) atoms. The molecule has 1 N–H and O–H groups in total. The molecular weight excluding hydrogens is 390 g/mol. The molecule has 0 radical (unpaired) electrons. The van der Waals surface area contributed by atoms with Gasteiger partial charge in [-0.3, -0.25) is 0 Å². The number of nitrogens with one attached hydrogen (secondary N) is 1. The maximum absolute atomic E-state index is 12.6. The Labute approximate surface area is 143 Å². The second kappa shape index (κ2) is 7.00. The number of benzene rings is 2. The highest BCUT2D eigenvalue weighted by atomic mass is 79.9. The molecule has 118 valence electrons. The topological polar surface area (TPSA) is 55.4 Å². The van der Waals surface area contributed by atoms with Crippen LogP contribution in [0.5, 0.6) is 5.75 Å². The van der Waals surface area contributed by atoms with Gasteiger partial charge in [0.25, 0.3) is 0 Å². The molecule has 0 amide bonds. The van der Waals surface area contributed by atoms with Crippen LogP contribution in [-0.4, -0.2) is 15.5 Å². The Balaban J connectivity index is 2.31. The van der Waals surface area contributed by atoms with Gasteiger partial charge in [0.1, 0.15) is 10.6 Å². The van der Waals surface area contributed by atoms with Crippen molar-refractivity contribution < 1.29 is 13.2 Å². The number of sulfonamides is 1. The van der Waals surface area contributed by atoms with Crippen molar-refractivity contribution in [3.63, 3.8) is 0 Å². The summed E-state index contributed by atoms with van der Waals surface area (Å²) in [6.07, 6.45) is 0. The molecule has 7 heteroatoms. The molecule has 2 rings (SSSR count). The lowest BCUT2D eigenvalue weighted by Crippen LogP contribution is -2.27. The van der Waals surface area contributed by atoms with Gasteiger partial charge in [0, 0.05) is 15.5 Å². The molecule has 0 saturated carbocycles. The third kappa shape index (κ3) is 4.01. The van der Waals surface area contributed by atoms with Gasteiger partial charge in [-0.1, -0.05) is 39.7 Å². The van der Waals surface area contributed by atoms with Gasteiger partial charge in [0.05, 0.1) is 7.11 Å². The fourth-order valence-electron chi connectivity index (χ4n) is 1.98. The van der Waals surface area contributed by atoms with Crippen molar-refractivity contribution in [3.8, 4) is 5.75 Å². The quantitative estimate of drug-likeness (QED) is 0.814. The van der Waals surface area contributed by atoms with E-state index in [0.717, 1.165) is 10.0 Å². The van der Waals surface area contributed by atoms with Crippen LogP contribution in [0.3, 0.4) is 0 Å². The van der Waals surface area contributed by atoms with Crippen molar-refractivity contribution in [2.45, 2.75) is 17.9 Å². The van der Waals surface area contributed by atoms with Crippen LogP contribution in [0.4, 0.5) is 0 Å². The van der Waals surface area contributed by atoms with Crippen LogP contribution in [0.25, 0.3) is 0 Å². The molecule has 1 atom stereocenters. The maximum Gasteiger partial charge on any atom is 0.244 e. The molecule has 0 aliphatic rings. The van der Waals surface area contributed by atoms with E-state index in [-0.39, 0.29) is 16.7 Å². The molecule has 0 aromatic heterocycles. The van der Waals surface area contributed by atoms with E-state index in [1.165, 1.54) is 19.2 Å². The van der Waals surface area contributed by atoms with Crippen molar-refractivity contribution >= 4 is 37.6 Å². The summed E-state index contributed by atoms with van der Waals surface area (Å²) >= 11 is 9.25. The summed E-state index contributed by atoms with van der Waals surface area (Å²) in [5.41, 5.74) is 0.854. The van der Waals surface area contributed by atoms with E-state index >= 15 is 0 Å². The summed E-state index contributed by atoms with van der Waals surface area (Å²) in [6, 6.07) is 11.5. The van der Waals surface area contributed by atoms with Crippen LogP contribution >= 0.6 is 27.5 Å². The van der Waals surface area contributed by atoms with E-state index in [2.05, 4.69) is 20.7 Å². The van der Waals surface area contributed by atoms with Gasteiger partial charge in [0.15, 0.2) is 0 Å². The normalized spacial score (nSPS) is 12.9. The third-order valence-corrected chi connectivity index (χ3v) is 5.44. The molecular formula is C15H15BrClNO3S.